The molecule has 14 heteroatoms. The zero-order chi connectivity index (χ0) is 27.4. The lowest BCUT2D eigenvalue weighted by Crippen LogP contribution is -2.40. The molecule has 2 aromatic heterocycles. The van der Waals surface area contributed by atoms with Crippen molar-refractivity contribution in [1.82, 2.24) is 19.2 Å². The van der Waals surface area contributed by atoms with Gasteiger partial charge in [0.1, 0.15) is 6.10 Å². The Kier molecular flexibility index (Phi) is 8.51. The van der Waals surface area contributed by atoms with E-state index in [9.17, 15) is 31.1 Å². The predicted octanol–water partition coefficient (Wildman–Crippen LogP) is 5.35. The van der Waals surface area contributed by atoms with Gasteiger partial charge in [0.15, 0.2) is 17.3 Å². The van der Waals surface area contributed by atoms with Gasteiger partial charge in [-0.1, -0.05) is 0 Å². The van der Waals surface area contributed by atoms with E-state index in [1.54, 1.807) is 11.8 Å². The summed E-state index contributed by atoms with van der Waals surface area (Å²) in [6.07, 6.45) is -4.72. The number of nitrogens with zero attached hydrogens (tertiary/aromatic N) is 4. The number of hydrogen-bond acceptors (Lipinski definition) is 7. The molecule has 3 heterocycles. The van der Waals surface area contributed by atoms with E-state index in [-0.39, 0.29) is 41.8 Å². The summed E-state index contributed by atoms with van der Waals surface area (Å²) < 4.78 is 88.5. The van der Waals surface area contributed by atoms with E-state index in [0.29, 0.717) is 42.7 Å². The first-order valence-corrected chi connectivity index (χ1v) is 12.4. The Balaban J connectivity index is 1.40. The highest BCUT2D eigenvalue weighted by atomic mass is 32.1. The van der Waals surface area contributed by atoms with E-state index < -0.39 is 30.0 Å². The van der Waals surface area contributed by atoms with Crippen molar-refractivity contribution in [2.45, 2.75) is 44.9 Å². The minimum atomic E-state index is -4.65. The van der Waals surface area contributed by atoms with Crippen LogP contribution in [0.4, 0.5) is 32.0 Å². The summed E-state index contributed by atoms with van der Waals surface area (Å²) in [6, 6.07) is 3.91. The highest BCUT2D eigenvalue weighted by molar-refractivity contribution is 7.06. The SMILES string of the molecule is Cc1nsc(Cc2cncc(C(F)(F)F)n2)c1C(=O)Nc1ccc(OC2CCN(CC(F)F)CC2)c(F)c1. The van der Waals surface area contributed by atoms with Crippen molar-refractivity contribution in [2.75, 3.05) is 25.0 Å². The Bertz CT molecular complexity index is 1280. The normalized spacial score (nSPS) is 15.2. The lowest BCUT2D eigenvalue weighted by Gasteiger charge is -2.31. The largest absolute Gasteiger partial charge is 0.487 e. The molecule has 0 aliphatic carbocycles. The van der Waals surface area contributed by atoms with Crippen molar-refractivity contribution in [3.8, 4) is 5.75 Å². The number of likely N-dealkylation sites (tertiary alicyclic amines) is 1. The summed E-state index contributed by atoms with van der Waals surface area (Å²) in [5.41, 5.74) is -0.461. The van der Waals surface area contributed by atoms with Gasteiger partial charge in [0, 0.05) is 42.3 Å². The Morgan fingerprint density at radius 2 is 1.97 bits per heavy atom. The summed E-state index contributed by atoms with van der Waals surface area (Å²) in [5, 5.41) is 2.58. The molecule has 1 aromatic carbocycles. The van der Waals surface area contributed by atoms with Crippen molar-refractivity contribution in [1.29, 1.82) is 0 Å². The number of amides is 1. The van der Waals surface area contributed by atoms with Gasteiger partial charge < -0.3 is 10.1 Å². The van der Waals surface area contributed by atoms with E-state index in [1.165, 1.54) is 18.3 Å². The second-order valence-electron chi connectivity index (χ2n) is 8.74. The van der Waals surface area contributed by atoms with E-state index >= 15 is 0 Å². The highest BCUT2D eigenvalue weighted by Crippen LogP contribution is 2.29. The fraction of sp³-hybridized carbons (Fsp3) is 0.417. The number of aryl methyl sites for hydroxylation is 1. The smallest absolute Gasteiger partial charge is 0.434 e. The van der Waals surface area contributed by atoms with E-state index in [2.05, 4.69) is 19.7 Å². The topological polar surface area (TPSA) is 80.2 Å². The van der Waals surface area contributed by atoms with Crippen LogP contribution in [0.5, 0.6) is 5.75 Å². The summed E-state index contributed by atoms with van der Waals surface area (Å²) >= 11 is 0.953. The van der Waals surface area contributed by atoms with Gasteiger partial charge in [-0.05, 0) is 43.4 Å². The Hall–Kier alpha value is -3.26. The molecule has 1 aliphatic heterocycles. The summed E-state index contributed by atoms with van der Waals surface area (Å²) in [6.45, 7) is 2.13. The van der Waals surface area contributed by atoms with Crippen LogP contribution in [0.2, 0.25) is 0 Å². The molecule has 7 nitrogen and oxygen atoms in total. The molecule has 204 valence electrons. The van der Waals surface area contributed by atoms with Gasteiger partial charge in [0.2, 0.25) is 0 Å². The molecule has 0 spiro atoms. The number of carbonyl (C=O) groups excluding carboxylic acids is 1. The molecule has 3 aromatic rings. The molecule has 1 N–H and O–H groups in total. The second-order valence-corrected chi connectivity index (χ2v) is 9.60. The zero-order valence-corrected chi connectivity index (χ0v) is 20.9. The molecule has 0 unspecified atom stereocenters. The number of alkyl halides is 5. The molecule has 1 aliphatic rings. The third-order valence-electron chi connectivity index (χ3n) is 5.89. The maximum absolute atomic E-state index is 14.7. The molecule has 1 amide bonds. The lowest BCUT2D eigenvalue weighted by molar-refractivity contribution is -0.141. The third-order valence-corrected chi connectivity index (χ3v) is 6.83. The maximum atomic E-state index is 14.7. The number of ether oxygens (including phenoxy) is 1. The molecular formula is C24H23F6N5O2S. The first-order chi connectivity index (χ1) is 18.0. The molecule has 4 rings (SSSR count). The summed E-state index contributed by atoms with van der Waals surface area (Å²) in [7, 11) is 0. The highest BCUT2D eigenvalue weighted by Gasteiger charge is 2.33. The molecule has 0 bridgehead atoms. The van der Waals surface area contributed by atoms with Crippen LogP contribution in [-0.4, -0.2) is 57.3 Å². The summed E-state index contributed by atoms with van der Waals surface area (Å²) in [5.74, 6) is -1.34. The zero-order valence-electron chi connectivity index (χ0n) is 20.1. The number of benzene rings is 1. The Morgan fingerprint density at radius 1 is 1.24 bits per heavy atom. The van der Waals surface area contributed by atoms with Crippen LogP contribution >= 0.6 is 11.5 Å². The van der Waals surface area contributed by atoms with Crippen LogP contribution in [0, 0.1) is 12.7 Å². The van der Waals surface area contributed by atoms with Crippen LogP contribution < -0.4 is 10.1 Å². The molecule has 1 fully saturated rings. The van der Waals surface area contributed by atoms with Crippen molar-refractivity contribution < 1.29 is 35.9 Å². The number of nitrogens with one attached hydrogen (secondary N) is 1. The second kappa shape index (κ2) is 11.6. The van der Waals surface area contributed by atoms with Crippen LogP contribution in [0.25, 0.3) is 0 Å². The minimum absolute atomic E-state index is 0.0186. The van der Waals surface area contributed by atoms with Gasteiger partial charge in [-0.2, -0.15) is 17.5 Å². The van der Waals surface area contributed by atoms with Crippen LogP contribution in [0.3, 0.4) is 0 Å². The number of anilines is 1. The molecule has 38 heavy (non-hydrogen) atoms. The van der Waals surface area contributed by atoms with Gasteiger partial charge in [0.05, 0.1) is 29.7 Å². The van der Waals surface area contributed by atoms with E-state index in [0.717, 1.165) is 17.6 Å². The molecule has 1 saturated heterocycles. The molecule has 0 atom stereocenters. The number of hydrogen-bond donors (Lipinski definition) is 1. The maximum Gasteiger partial charge on any atom is 0.434 e. The van der Waals surface area contributed by atoms with Crippen molar-refractivity contribution in [3.63, 3.8) is 0 Å². The van der Waals surface area contributed by atoms with Crippen molar-refractivity contribution in [2.24, 2.45) is 0 Å². The first-order valence-electron chi connectivity index (χ1n) is 11.6. The Morgan fingerprint density at radius 3 is 2.63 bits per heavy atom. The molecular weight excluding hydrogens is 536 g/mol. The number of piperidine rings is 1. The number of rotatable bonds is 8. The van der Waals surface area contributed by atoms with Crippen LogP contribution in [-0.2, 0) is 12.6 Å². The number of aromatic nitrogens is 3. The molecule has 0 radical (unpaired) electrons. The number of carbonyl (C=O) groups is 1. The van der Waals surface area contributed by atoms with Crippen molar-refractivity contribution >= 4 is 23.1 Å². The minimum Gasteiger partial charge on any atom is -0.487 e. The van der Waals surface area contributed by atoms with Gasteiger partial charge >= 0.3 is 6.18 Å². The average molecular weight is 560 g/mol. The standard InChI is InChI=1S/C24H23F6N5O2S/c1-13-22(19(38-34-13)9-15-10-31-11-20(32-15)24(28,29)30)23(36)33-14-2-3-18(17(25)8-14)37-16-4-6-35(7-5-16)12-21(26)27/h2-3,8,10-11,16,21H,4-7,9,12H2,1H3,(H,33,36). The van der Waals surface area contributed by atoms with Crippen LogP contribution in [0.1, 0.15) is 45.2 Å². The number of halogens is 6. The Labute approximate surface area is 218 Å². The van der Waals surface area contributed by atoms with Gasteiger partial charge in [-0.15, -0.1) is 0 Å². The van der Waals surface area contributed by atoms with Gasteiger partial charge in [-0.25, -0.2) is 18.2 Å². The summed E-state index contributed by atoms with van der Waals surface area (Å²) in [4.78, 5) is 22.2. The van der Waals surface area contributed by atoms with Gasteiger partial charge in [0.25, 0.3) is 12.3 Å². The van der Waals surface area contributed by atoms with E-state index in [1.807, 2.05) is 0 Å². The quantitative estimate of drug-likeness (QED) is 0.375. The fourth-order valence-corrected chi connectivity index (χ4v) is 4.96. The van der Waals surface area contributed by atoms with Crippen molar-refractivity contribution in [3.05, 3.63) is 63.9 Å². The lowest BCUT2D eigenvalue weighted by atomic mass is 10.1. The monoisotopic (exact) mass is 559 g/mol. The fourth-order valence-electron chi connectivity index (χ4n) is 4.07. The van der Waals surface area contributed by atoms with Gasteiger partial charge in [-0.3, -0.25) is 14.7 Å². The predicted molar refractivity (Wildman–Crippen MR) is 127 cm³/mol. The van der Waals surface area contributed by atoms with E-state index in [4.69, 9.17) is 4.74 Å². The first kappa shape index (κ1) is 27.8. The van der Waals surface area contributed by atoms with Crippen LogP contribution in [0.15, 0.2) is 30.6 Å². The third kappa shape index (κ3) is 6.98. The average Bonchev–Trinajstić information content (AvgIpc) is 3.21. The molecule has 0 saturated carbocycles.